The van der Waals surface area contributed by atoms with Crippen molar-refractivity contribution in [2.75, 3.05) is 0 Å². The second-order valence-electron chi connectivity index (χ2n) is 2.91. The van der Waals surface area contributed by atoms with E-state index in [9.17, 15) is 9.59 Å². The fourth-order valence-corrected chi connectivity index (χ4v) is 1.07. The summed E-state index contributed by atoms with van der Waals surface area (Å²) < 4.78 is 0. The van der Waals surface area contributed by atoms with Crippen LogP contribution in [0.4, 0.5) is 0 Å². The molecule has 1 rings (SSSR count). The van der Waals surface area contributed by atoms with Gasteiger partial charge in [-0.25, -0.2) is 4.79 Å². The van der Waals surface area contributed by atoms with E-state index >= 15 is 0 Å². The number of nitrogens with zero attached hydrogens (tertiary/aromatic N) is 1. The Bertz CT molecular complexity index is 348. The van der Waals surface area contributed by atoms with Gasteiger partial charge in [0.15, 0.2) is 11.3 Å². The molecule has 0 saturated heterocycles. The van der Waals surface area contributed by atoms with Crippen LogP contribution in [0.2, 0.25) is 0 Å². The highest BCUT2D eigenvalue weighted by Crippen LogP contribution is 2.18. The summed E-state index contributed by atoms with van der Waals surface area (Å²) >= 11 is 0. The molecule has 0 radical (unpaired) electrons. The first-order valence-corrected chi connectivity index (χ1v) is 3.93. The fraction of sp³-hybridized carbons (Fsp3) is 0.222. The first-order valence-electron chi connectivity index (χ1n) is 3.93. The van der Waals surface area contributed by atoms with Gasteiger partial charge in [0.2, 0.25) is 0 Å². The van der Waals surface area contributed by atoms with Crippen LogP contribution in [-0.4, -0.2) is 21.8 Å². The van der Waals surface area contributed by atoms with Crippen molar-refractivity contribution in [2.45, 2.75) is 12.5 Å². The summed E-state index contributed by atoms with van der Waals surface area (Å²) in [6.07, 6.45) is 2.75. The zero-order valence-electron chi connectivity index (χ0n) is 7.60. The zero-order chi connectivity index (χ0) is 10.8. The number of Topliss-reactive ketones (excluding diaryl/α,β-unsaturated/α-hetero) is 1. The third-order valence-electron chi connectivity index (χ3n) is 2.01. The minimum absolute atomic E-state index is 0.181. The Kier molecular flexibility index (Phi) is 2.62. The number of carboxylic acid groups (broad SMARTS) is 1. The van der Waals surface area contributed by atoms with Gasteiger partial charge in [-0.2, -0.15) is 0 Å². The molecule has 0 aliphatic carbocycles. The van der Waals surface area contributed by atoms with Gasteiger partial charge in [0.25, 0.3) is 0 Å². The molecule has 0 saturated carbocycles. The lowest BCUT2D eigenvalue weighted by atomic mass is 9.89. The summed E-state index contributed by atoms with van der Waals surface area (Å²) in [5.41, 5.74) is 3.70. The Morgan fingerprint density at radius 1 is 1.57 bits per heavy atom. The SMILES string of the molecule is CC(=O)C(N)(C(=O)O)c1cccnc1. The third kappa shape index (κ3) is 1.49. The van der Waals surface area contributed by atoms with E-state index in [1.54, 1.807) is 0 Å². The van der Waals surface area contributed by atoms with Gasteiger partial charge in [0.05, 0.1) is 0 Å². The highest BCUT2D eigenvalue weighted by molar-refractivity contribution is 6.07. The Labute approximate surface area is 80.6 Å². The minimum atomic E-state index is -1.99. The van der Waals surface area contributed by atoms with E-state index in [2.05, 4.69) is 4.98 Å². The second kappa shape index (κ2) is 3.55. The van der Waals surface area contributed by atoms with Crippen LogP contribution in [0.1, 0.15) is 12.5 Å². The first kappa shape index (κ1) is 10.3. The number of pyridine rings is 1. The number of hydrogen-bond acceptors (Lipinski definition) is 4. The van der Waals surface area contributed by atoms with Gasteiger partial charge in [0, 0.05) is 18.0 Å². The Morgan fingerprint density at radius 2 is 2.21 bits per heavy atom. The van der Waals surface area contributed by atoms with E-state index in [0.29, 0.717) is 0 Å². The van der Waals surface area contributed by atoms with Gasteiger partial charge in [-0.1, -0.05) is 6.07 Å². The highest BCUT2D eigenvalue weighted by Gasteiger charge is 2.41. The van der Waals surface area contributed by atoms with Gasteiger partial charge in [-0.05, 0) is 13.0 Å². The van der Waals surface area contributed by atoms with E-state index in [1.165, 1.54) is 24.5 Å². The molecule has 14 heavy (non-hydrogen) atoms. The predicted octanol–water partition coefficient (Wildman–Crippen LogP) is -0.0908. The topological polar surface area (TPSA) is 93.3 Å². The second-order valence-corrected chi connectivity index (χ2v) is 2.91. The van der Waals surface area contributed by atoms with Gasteiger partial charge in [-0.3, -0.25) is 9.78 Å². The number of carbonyl (C=O) groups is 2. The number of rotatable bonds is 3. The number of ketones is 1. The molecule has 1 unspecified atom stereocenters. The number of carboxylic acids is 1. The van der Waals surface area contributed by atoms with Gasteiger partial charge < -0.3 is 10.8 Å². The molecule has 1 atom stereocenters. The van der Waals surface area contributed by atoms with Crippen molar-refractivity contribution >= 4 is 11.8 Å². The molecule has 0 spiro atoms. The Balaban J connectivity index is 3.27. The van der Waals surface area contributed by atoms with E-state index in [4.69, 9.17) is 10.8 Å². The molecule has 0 fully saturated rings. The molecule has 5 heteroatoms. The highest BCUT2D eigenvalue weighted by atomic mass is 16.4. The standard InChI is InChI=1S/C9H10N2O3/c1-6(12)9(10,8(13)14)7-3-2-4-11-5-7/h2-5H,10H2,1H3,(H,13,14). The van der Waals surface area contributed by atoms with E-state index in [1.807, 2.05) is 0 Å². The number of aromatic nitrogens is 1. The monoisotopic (exact) mass is 194 g/mol. The zero-order valence-corrected chi connectivity index (χ0v) is 7.60. The molecule has 5 nitrogen and oxygen atoms in total. The number of carbonyl (C=O) groups excluding carboxylic acids is 1. The number of nitrogens with two attached hydrogens (primary N) is 1. The van der Waals surface area contributed by atoms with Crippen LogP contribution in [-0.2, 0) is 15.1 Å². The molecule has 74 valence electrons. The molecule has 1 heterocycles. The van der Waals surface area contributed by atoms with Gasteiger partial charge in [0.1, 0.15) is 0 Å². The summed E-state index contributed by atoms with van der Waals surface area (Å²) in [5.74, 6) is -2.00. The summed E-state index contributed by atoms with van der Waals surface area (Å²) in [6.45, 7) is 1.14. The van der Waals surface area contributed by atoms with Crippen LogP contribution in [0.5, 0.6) is 0 Å². The summed E-state index contributed by atoms with van der Waals surface area (Å²) in [7, 11) is 0. The Hall–Kier alpha value is -1.75. The van der Waals surface area contributed by atoms with Crippen molar-refractivity contribution in [2.24, 2.45) is 5.73 Å². The first-order chi connectivity index (χ1) is 6.49. The molecular weight excluding hydrogens is 184 g/mol. The van der Waals surface area contributed by atoms with E-state index < -0.39 is 17.3 Å². The maximum atomic E-state index is 11.2. The minimum Gasteiger partial charge on any atom is -0.479 e. The van der Waals surface area contributed by atoms with E-state index in [-0.39, 0.29) is 5.56 Å². The van der Waals surface area contributed by atoms with Gasteiger partial charge in [-0.15, -0.1) is 0 Å². The van der Waals surface area contributed by atoms with Crippen molar-refractivity contribution in [3.63, 3.8) is 0 Å². The van der Waals surface area contributed by atoms with Crippen LogP contribution in [0.15, 0.2) is 24.5 Å². The molecule has 1 aromatic rings. The molecule has 1 aromatic heterocycles. The summed E-state index contributed by atoms with van der Waals surface area (Å²) in [5, 5.41) is 8.88. The Morgan fingerprint density at radius 3 is 2.57 bits per heavy atom. The quantitative estimate of drug-likeness (QED) is 0.656. The number of aliphatic carboxylic acids is 1. The van der Waals surface area contributed by atoms with Crippen molar-refractivity contribution < 1.29 is 14.7 Å². The van der Waals surface area contributed by atoms with Crippen LogP contribution >= 0.6 is 0 Å². The molecule has 3 N–H and O–H groups in total. The molecule has 0 bridgehead atoms. The lowest BCUT2D eigenvalue weighted by Crippen LogP contribution is -2.50. The maximum Gasteiger partial charge on any atom is 0.336 e. The van der Waals surface area contributed by atoms with Crippen molar-refractivity contribution in [1.29, 1.82) is 0 Å². The van der Waals surface area contributed by atoms with Crippen molar-refractivity contribution in [1.82, 2.24) is 4.98 Å². The van der Waals surface area contributed by atoms with E-state index in [0.717, 1.165) is 6.92 Å². The average molecular weight is 194 g/mol. The lowest BCUT2D eigenvalue weighted by Gasteiger charge is -2.21. The molecule has 0 aliphatic rings. The average Bonchev–Trinajstić information content (AvgIpc) is 2.17. The van der Waals surface area contributed by atoms with Crippen LogP contribution in [0.3, 0.4) is 0 Å². The molecule has 0 aliphatic heterocycles. The molecule has 0 amide bonds. The fourth-order valence-electron chi connectivity index (χ4n) is 1.07. The van der Waals surface area contributed by atoms with Crippen LogP contribution in [0.25, 0.3) is 0 Å². The predicted molar refractivity (Wildman–Crippen MR) is 48.4 cm³/mol. The molecule has 0 aromatic carbocycles. The third-order valence-corrected chi connectivity index (χ3v) is 2.01. The largest absolute Gasteiger partial charge is 0.479 e. The molecular formula is C9H10N2O3. The van der Waals surface area contributed by atoms with Crippen LogP contribution < -0.4 is 5.73 Å². The van der Waals surface area contributed by atoms with Crippen molar-refractivity contribution in [3.05, 3.63) is 30.1 Å². The van der Waals surface area contributed by atoms with Gasteiger partial charge >= 0.3 is 5.97 Å². The summed E-state index contributed by atoms with van der Waals surface area (Å²) in [4.78, 5) is 25.8. The lowest BCUT2D eigenvalue weighted by molar-refractivity contribution is -0.148. The van der Waals surface area contributed by atoms with Crippen molar-refractivity contribution in [3.8, 4) is 0 Å². The number of hydrogen-bond donors (Lipinski definition) is 2. The summed E-state index contributed by atoms with van der Waals surface area (Å²) in [6, 6.07) is 2.99. The maximum absolute atomic E-state index is 11.2. The smallest absolute Gasteiger partial charge is 0.336 e. The normalized spacial score (nSPS) is 14.4. The van der Waals surface area contributed by atoms with Crippen LogP contribution in [0, 0.1) is 0 Å².